The third-order valence-electron chi connectivity index (χ3n) is 1.51. The summed E-state index contributed by atoms with van der Waals surface area (Å²) in [4.78, 5) is 31.1. The zero-order valence-corrected chi connectivity index (χ0v) is 6.93. The average Bonchev–Trinajstić information content (AvgIpc) is 1.97. The van der Waals surface area contributed by atoms with E-state index in [1.54, 1.807) is 0 Å². The summed E-state index contributed by atoms with van der Waals surface area (Å²) < 4.78 is 0. The maximum Gasteiger partial charge on any atom is 0.310 e. The van der Waals surface area contributed by atoms with Crippen molar-refractivity contribution in [2.45, 2.75) is 19.4 Å². The van der Waals surface area contributed by atoms with Crippen LogP contribution in [0.1, 0.15) is 13.3 Å². The van der Waals surface area contributed by atoms with Gasteiger partial charge in [0.1, 0.15) is 12.0 Å². The Balaban J connectivity index is 4.51. The molecule has 3 N–H and O–H groups in total. The first-order valence-electron chi connectivity index (χ1n) is 3.49. The quantitative estimate of drug-likeness (QED) is 0.518. The first-order chi connectivity index (χ1) is 5.86. The van der Waals surface area contributed by atoms with Crippen LogP contribution in [0.3, 0.4) is 0 Å². The van der Waals surface area contributed by atoms with E-state index in [9.17, 15) is 14.4 Å². The minimum absolute atomic E-state index is 0.756. The number of carboxylic acids is 2. The number of hydrogen-bond donors (Lipinski definition) is 3. The number of aliphatic hydroxyl groups is 1. The molecule has 0 rings (SSSR count). The largest absolute Gasteiger partial charge is 0.481 e. The molecular formula is C7H10O6. The van der Waals surface area contributed by atoms with Crippen LogP contribution in [0.15, 0.2) is 0 Å². The smallest absolute Gasteiger partial charge is 0.310 e. The number of rotatable bonds is 5. The van der Waals surface area contributed by atoms with E-state index < -0.39 is 36.2 Å². The van der Waals surface area contributed by atoms with E-state index in [1.165, 1.54) is 0 Å². The molecule has 0 aliphatic heterocycles. The number of carboxylic acid groups (broad SMARTS) is 2. The first-order valence-corrected chi connectivity index (χ1v) is 3.49. The van der Waals surface area contributed by atoms with Gasteiger partial charge < -0.3 is 15.3 Å². The normalized spacial score (nSPS) is 14.6. The molecule has 74 valence electrons. The van der Waals surface area contributed by atoms with Crippen molar-refractivity contribution in [3.8, 4) is 0 Å². The Morgan fingerprint density at radius 1 is 1.23 bits per heavy atom. The highest BCUT2D eigenvalue weighted by molar-refractivity contribution is 5.88. The summed E-state index contributed by atoms with van der Waals surface area (Å²) in [6, 6.07) is 0. The predicted octanol–water partition coefficient (Wildman–Crippen LogP) is -0.888. The van der Waals surface area contributed by atoms with Crippen molar-refractivity contribution in [1.29, 1.82) is 0 Å². The van der Waals surface area contributed by atoms with Gasteiger partial charge in [0.25, 0.3) is 0 Å². The van der Waals surface area contributed by atoms with E-state index in [4.69, 9.17) is 15.3 Å². The molecule has 0 aromatic heterocycles. The van der Waals surface area contributed by atoms with Gasteiger partial charge in [-0.25, -0.2) is 0 Å². The molecule has 2 unspecified atom stereocenters. The van der Waals surface area contributed by atoms with Crippen LogP contribution < -0.4 is 0 Å². The first kappa shape index (κ1) is 11.6. The number of carbonyl (C=O) groups excluding carboxylic acids is 1. The number of aliphatic carboxylic acids is 2. The number of aliphatic hydroxyl groups excluding tert-OH is 1. The van der Waals surface area contributed by atoms with Crippen LogP contribution in [-0.2, 0) is 14.4 Å². The minimum atomic E-state index is -1.76. The SMILES string of the molecule is CC(=O)C(O)C(CC(=O)O)C(=O)O. The van der Waals surface area contributed by atoms with Gasteiger partial charge in [0, 0.05) is 0 Å². The fourth-order valence-corrected chi connectivity index (χ4v) is 0.805. The van der Waals surface area contributed by atoms with Crippen LogP contribution in [0.25, 0.3) is 0 Å². The van der Waals surface area contributed by atoms with Gasteiger partial charge in [-0.05, 0) is 6.92 Å². The van der Waals surface area contributed by atoms with Crippen LogP contribution in [0.5, 0.6) is 0 Å². The van der Waals surface area contributed by atoms with E-state index in [2.05, 4.69) is 0 Å². The molecule has 13 heavy (non-hydrogen) atoms. The van der Waals surface area contributed by atoms with E-state index >= 15 is 0 Å². The fourth-order valence-electron chi connectivity index (χ4n) is 0.805. The molecule has 2 atom stereocenters. The molecule has 0 amide bonds. The Hall–Kier alpha value is -1.43. The van der Waals surface area contributed by atoms with Crippen molar-refractivity contribution >= 4 is 17.7 Å². The standard InChI is InChI=1S/C7H10O6/c1-3(8)6(11)4(7(12)13)2-5(9)10/h4,6,11H,2H2,1H3,(H,9,10)(H,12,13). The number of Topliss-reactive ketones (excluding diaryl/α,β-unsaturated/α-hetero) is 1. The Bertz CT molecular complexity index is 233. The van der Waals surface area contributed by atoms with Crippen molar-refractivity contribution in [3.63, 3.8) is 0 Å². The molecule has 0 aliphatic rings. The summed E-state index contributed by atoms with van der Waals surface area (Å²) >= 11 is 0. The van der Waals surface area contributed by atoms with Crippen molar-refractivity contribution < 1.29 is 29.7 Å². The molecule has 0 saturated carbocycles. The van der Waals surface area contributed by atoms with Crippen LogP contribution in [0.4, 0.5) is 0 Å². The molecule has 0 spiro atoms. The lowest BCUT2D eigenvalue weighted by molar-refractivity contribution is -0.155. The lowest BCUT2D eigenvalue weighted by Gasteiger charge is -2.13. The second-order valence-electron chi connectivity index (χ2n) is 2.60. The van der Waals surface area contributed by atoms with Crippen LogP contribution in [0.2, 0.25) is 0 Å². The van der Waals surface area contributed by atoms with Crippen molar-refractivity contribution in [1.82, 2.24) is 0 Å². The van der Waals surface area contributed by atoms with Gasteiger partial charge in [0.05, 0.1) is 6.42 Å². The van der Waals surface area contributed by atoms with Gasteiger partial charge >= 0.3 is 11.9 Å². The molecule has 0 aromatic rings. The Morgan fingerprint density at radius 2 is 1.69 bits per heavy atom. The minimum Gasteiger partial charge on any atom is -0.481 e. The van der Waals surface area contributed by atoms with Crippen LogP contribution >= 0.6 is 0 Å². The summed E-state index contributed by atoms with van der Waals surface area (Å²) in [5.74, 6) is -5.19. The molecule has 0 bridgehead atoms. The highest BCUT2D eigenvalue weighted by atomic mass is 16.4. The number of hydrogen-bond acceptors (Lipinski definition) is 4. The van der Waals surface area contributed by atoms with Gasteiger partial charge in [-0.3, -0.25) is 14.4 Å². The number of carbonyl (C=O) groups is 3. The summed E-state index contributed by atoms with van der Waals surface area (Å²) in [5, 5.41) is 25.8. The topological polar surface area (TPSA) is 112 Å². The van der Waals surface area contributed by atoms with Crippen molar-refractivity contribution in [3.05, 3.63) is 0 Å². The van der Waals surface area contributed by atoms with E-state index in [0.717, 1.165) is 6.92 Å². The summed E-state index contributed by atoms with van der Waals surface area (Å²) in [5.41, 5.74) is 0. The molecule has 6 heteroatoms. The Kier molecular flexibility index (Phi) is 4.06. The second-order valence-corrected chi connectivity index (χ2v) is 2.60. The van der Waals surface area contributed by atoms with Crippen molar-refractivity contribution in [2.24, 2.45) is 5.92 Å². The maximum absolute atomic E-state index is 10.6. The molecule has 6 nitrogen and oxygen atoms in total. The fraction of sp³-hybridized carbons (Fsp3) is 0.571. The van der Waals surface area contributed by atoms with Gasteiger partial charge in [0.2, 0.25) is 0 Å². The van der Waals surface area contributed by atoms with E-state index in [-0.39, 0.29) is 0 Å². The maximum atomic E-state index is 10.6. The molecule has 0 aromatic carbocycles. The lowest BCUT2D eigenvalue weighted by atomic mass is 9.96. The van der Waals surface area contributed by atoms with Crippen molar-refractivity contribution in [2.75, 3.05) is 0 Å². The molecule has 0 heterocycles. The molecule has 0 radical (unpaired) electrons. The monoisotopic (exact) mass is 190 g/mol. The number of ketones is 1. The zero-order chi connectivity index (χ0) is 10.6. The molecule has 0 saturated heterocycles. The van der Waals surface area contributed by atoms with Crippen LogP contribution in [-0.4, -0.2) is 39.1 Å². The van der Waals surface area contributed by atoms with Crippen LogP contribution in [0, 0.1) is 5.92 Å². The zero-order valence-electron chi connectivity index (χ0n) is 6.93. The highest BCUT2D eigenvalue weighted by Gasteiger charge is 2.31. The van der Waals surface area contributed by atoms with Gasteiger partial charge in [0.15, 0.2) is 5.78 Å². The van der Waals surface area contributed by atoms with Gasteiger partial charge in [-0.2, -0.15) is 0 Å². The van der Waals surface area contributed by atoms with Gasteiger partial charge in [-0.1, -0.05) is 0 Å². The lowest BCUT2D eigenvalue weighted by Crippen LogP contribution is -2.35. The third kappa shape index (κ3) is 3.66. The Morgan fingerprint density at radius 3 is 1.92 bits per heavy atom. The second kappa shape index (κ2) is 4.56. The molecule has 0 aliphatic carbocycles. The van der Waals surface area contributed by atoms with E-state index in [1.807, 2.05) is 0 Å². The summed E-state index contributed by atoms with van der Waals surface area (Å²) in [7, 11) is 0. The van der Waals surface area contributed by atoms with Gasteiger partial charge in [-0.15, -0.1) is 0 Å². The Labute approximate surface area is 73.8 Å². The summed E-state index contributed by atoms with van der Waals surface area (Å²) in [6.07, 6.45) is -2.52. The average molecular weight is 190 g/mol. The van der Waals surface area contributed by atoms with E-state index in [0.29, 0.717) is 0 Å². The molecular weight excluding hydrogens is 180 g/mol. The third-order valence-corrected chi connectivity index (χ3v) is 1.51. The molecule has 0 fully saturated rings. The predicted molar refractivity (Wildman–Crippen MR) is 40.1 cm³/mol. The summed E-state index contributed by atoms with van der Waals surface area (Å²) in [6.45, 7) is 1.00. The highest BCUT2D eigenvalue weighted by Crippen LogP contribution is 2.10.